The number of benzene rings is 6. The first-order valence-electron chi connectivity index (χ1n) is 22.5. The largest absolute Gasteiger partial charge is 0.325 e. The van der Waals surface area contributed by atoms with Crippen LogP contribution in [0, 0.1) is 20.5 Å². The van der Waals surface area contributed by atoms with Gasteiger partial charge in [-0.15, -0.1) is 0 Å². The van der Waals surface area contributed by atoms with E-state index in [0.29, 0.717) is 11.2 Å². The fourth-order valence-electron chi connectivity index (χ4n) is 10.6. The van der Waals surface area contributed by atoms with Crippen LogP contribution < -0.4 is 8.97 Å². The normalized spacial score (nSPS) is 21.1. The Bertz CT molecular complexity index is 3140. The summed E-state index contributed by atoms with van der Waals surface area (Å²) in [5.41, 5.74) is 16.3. The Kier molecular flexibility index (Phi) is 6.67. The van der Waals surface area contributed by atoms with Crippen LogP contribution in [0.15, 0.2) is 140 Å². The lowest BCUT2D eigenvalue weighted by Gasteiger charge is -2.55. The number of nitrogens with zero attached hydrogens (tertiary/aromatic N) is 4. The molecule has 4 aliphatic rings. The van der Waals surface area contributed by atoms with E-state index < -0.39 is 12.4 Å². The standard InChI is InChI=1S/C55H53N4/c1-35-26-50-51(27-36(35)2)59(33-58(50,9)34-59)41-29-39(54(6,7)8)28-40(30-41)55(46-19-13-10-16-42(46)43-17-11-14-20-47(43)55)38-22-23-45-44-18-12-15-21-48(44)57(49(45)31-38)52-32-37(24-25-56-52)53(3,4)5/h10-33H,34H2,1-9H3/q+1/t58-,59+/m0/s1/i9D3. The zero-order chi connectivity index (χ0) is 43.4. The molecule has 2 bridgehead atoms. The van der Waals surface area contributed by atoms with E-state index in [9.17, 15) is 0 Å². The Morgan fingerprint density at radius 1 is 0.627 bits per heavy atom. The van der Waals surface area contributed by atoms with Crippen molar-refractivity contribution in [3.8, 4) is 16.9 Å². The summed E-state index contributed by atoms with van der Waals surface area (Å²) in [6.45, 7) is 18.1. The van der Waals surface area contributed by atoms with E-state index in [2.05, 4.69) is 200 Å². The Morgan fingerprint density at radius 3 is 1.93 bits per heavy atom. The Balaban J connectivity index is 1.24. The van der Waals surface area contributed by atoms with E-state index in [4.69, 9.17) is 9.10 Å². The van der Waals surface area contributed by atoms with E-state index in [-0.39, 0.29) is 15.3 Å². The molecule has 2 atom stereocenters. The maximum atomic E-state index is 8.88. The highest BCUT2D eigenvalue weighted by Crippen LogP contribution is 2.63. The van der Waals surface area contributed by atoms with Gasteiger partial charge in [-0.1, -0.05) is 126 Å². The zero-order valence-corrected chi connectivity index (χ0v) is 35.4. The molecule has 6 aromatic carbocycles. The first-order valence-corrected chi connectivity index (χ1v) is 21.0. The summed E-state index contributed by atoms with van der Waals surface area (Å²) >= 11 is 0. The highest BCUT2D eigenvalue weighted by atomic mass is 15.7. The number of aromatic nitrogens is 2. The second-order valence-electron chi connectivity index (χ2n) is 19.5. The van der Waals surface area contributed by atoms with Crippen molar-refractivity contribution in [1.29, 1.82) is 0 Å². The van der Waals surface area contributed by atoms with Crippen molar-refractivity contribution in [3.05, 3.63) is 191 Å². The fraction of sp³-hybridized carbons (Fsp3) is 0.236. The summed E-state index contributed by atoms with van der Waals surface area (Å²) in [6, 6.07) is 49.6. The maximum Gasteiger partial charge on any atom is 0.181 e. The van der Waals surface area contributed by atoms with E-state index in [1.165, 1.54) is 60.8 Å². The van der Waals surface area contributed by atoms with Gasteiger partial charge in [-0.05, 0) is 105 Å². The van der Waals surface area contributed by atoms with Crippen LogP contribution in [-0.2, 0) is 16.2 Å². The lowest BCUT2D eigenvalue weighted by atomic mass is 9.66. The third-order valence-electron chi connectivity index (χ3n) is 13.9. The molecule has 0 saturated carbocycles. The van der Waals surface area contributed by atoms with Crippen molar-refractivity contribution in [2.75, 3.05) is 13.6 Å². The van der Waals surface area contributed by atoms with Crippen LogP contribution in [0.25, 0.3) is 38.8 Å². The van der Waals surface area contributed by atoms with Crippen molar-refractivity contribution in [3.63, 3.8) is 0 Å². The lowest BCUT2D eigenvalue weighted by molar-refractivity contribution is 0.157. The number of aryl methyl sites for hydroxylation is 2. The van der Waals surface area contributed by atoms with Crippen LogP contribution in [0.4, 0.5) is 17.1 Å². The molecule has 4 nitrogen and oxygen atoms in total. The zero-order valence-electron chi connectivity index (χ0n) is 38.4. The summed E-state index contributed by atoms with van der Waals surface area (Å²) in [7, 11) is 0. The van der Waals surface area contributed by atoms with Crippen molar-refractivity contribution in [2.24, 2.45) is 0 Å². The number of hydrogen-bond donors (Lipinski definition) is 0. The number of quaternary nitrogens is 2. The van der Waals surface area contributed by atoms with Crippen LogP contribution in [0.3, 0.4) is 0 Å². The molecule has 1 fully saturated rings. The third kappa shape index (κ3) is 4.88. The molecule has 0 N–H and O–H groups in total. The summed E-state index contributed by atoms with van der Waals surface area (Å²) in [4.78, 5) is 5.05. The van der Waals surface area contributed by atoms with Gasteiger partial charge in [0.05, 0.1) is 34.2 Å². The van der Waals surface area contributed by atoms with E-state index in [1.807, 2.05) is 6.20 Å². The third-order valence-corrected chi connectivity index (χ3v) is 13.9. The van der Waals surface area contributed by atoms with Crippen LogP contribution in [0.5, 0.6) is 0 Å². The van der Waals surface area contributed by atoms with Crippen molar-refractivity contribution < 1.29 is 4.11 Å². The molecular formula is C55H53N4+. The molecule has 292 valence electrons. The summed E-state index contributed by atoms with van der Waals surface area (Å²) < 4.78 is 29.2. The number of fused-ring (bicyclic) bond motifs is 6. The summed E-state index contributed by atoms with van der Waals surface area (Å²) in [6.07, 6.45) is 1.95. The van der Waals surface area contributed by atoms with Crippen molar-refractivity contribution in [2.45, 2.75) is 71.6 Å². The first-order chi connectivity index (χ1) is 29.4. The predicted molar refractivity (Wildman–Crippen MR) is 248 cm³/mol. The highest BCUT2D eigenvalue weighted by Gasteiger charge is 2.60. The minimum atomic E-state index is -2.24. The fourth-order valence-corrected chi connectivity index (χ4v) is 10.6. The number of rotatable bonds is 4. The van der Waals surface area contributed by atoms with Gasteiger partial charge in [-0.2, -0.15) is 0 Å². The van der Waals surface area contributed by atoms with E-state index >= 15 is 0 Å². The molecule has 1 aliphatic carbocycles. The molecule has 0 spiro atoms. The molecule has 1 saturated heterocycles. The Morgan fingerprint density at radius 2 is 1.25 bits per heavy atom. The summed E-state index contributed by atoms with van der Waals surface area (Å²) in [5.74, 6) is 0.900. The minimum Gasteiger partial charge on any atom is -0.325 e. The van der Waals surface area contributed by atoms with Crippen molar-refractivity contribution in [1.82, 2.24) is 18.5 Å². The molecule has 3 aliphatic heterocycles. The number of para-hydroxylation sites is 1. The maximum absolute atomic E-state index is 8.88. The van der Waals surface area contributed by atoms with Gasteiger partial charge in [0.25, 0.3) is 0 Å². The van der Waals surface area contributed by atoms with Crippen LogP contribution >= 0.6 is 0 Å². The second kappa shape index (κ2) is 11.9. The number of hydrogen-bond acceptors (Lipinski definition) is 1. The predicted octanol–water partition coefficient (Wildman–Crippen LogP) is 13.4. The quantitative estimate of drug-likeness (QED) is 0.129. The van der Waals surface area contributed by atoms with Crippen LogP contribution in [-0.4, -0.2) is 23.2 Å². The van der Waals surface area contributed by atoms with Gasteiger partial charge in [0, 0.05) is 41.2 Å². The van der Waals surface area contributed by atoms with Crippen LogP contribution in [0.2, 0.25) is 0 Å². The monoisotopic (exact) mass is 772 g/mol. The molecule has 0 amide bonds. The molecule has 2 aromatic heterocycles. The summed E-state index contributed by atoms with van der Waals surface area (Å²) in [5, 5.41) is 2.37. The SMILES string of the molecule is [2H]C([2H])([2H])[N@+]12[CH-][N@+](c3cc(C(C)(C)C)cc(C4(c5ccc6c7ccccc7n(-c7cc(C(C)(C)C)ccn7)c6c5)c5ccccc5-c5ccccc54)c3)(C1)c1cc(C)c(C)cc12. The average Bonchev–Trinajstić information content (AvgIpc) is 3.90. The topological polar surface area (TPSA) is 17.8 Å². The molecule has 0 radical (unpaired) electrons. The molecule has 5 heterocycles. The van der Waals surface area contributed by atoms with Gasteiger partial charge >= 0.3 is 0 Å². The molecule has 12 rings (SSSR count). The Labute approximate surface area is 353 Å². The van der Waals surface area contributed by atoms with Gasteiger partial charge in [0.1, 0.15) is 11.5 Å². The smallest absolute Gasteiger partial charge is 0.181 e. The average molecular weight is 773 g/mol. The van der Waals surface area contributed by atoms with E-state index in [1.54, 1.807) is 0 Å². The minimum absolute atomic E-state index is 0.0476. The van der Waals surface area contributed by atoms with Crippen molar-refractivity contribution >= 4 is 38.9 Å². The highest BCUT2D eigenvalue weighted by molar-refractivity contribution is 6.09. The van der Waals surface area contributed by atoms with Gasteiger partial charge in [-0.25, -0.2) is 4.98 Å². The van der Waals surface area contributed by atoms with Crippen LogP contribution in [0.1, 0.15) is 90.2 Å². The molecular weight excluding hydrogens is 717 g/mol. The van der Waals surface area contributed by atoms with Gasteiger partial charge in [0.2, 0.25) is 0 Å². The van der Waals surface area contributed by atoms with Gasteiger partial charge < -0.3 is 4.48 Å². The molecule has 0 unspecified atom stereocenters. The molecule has 4 heteroatoms. The first kappa shape index (κ1) is 33.1. The second-order valence-corrected chi connectivity index (χ2v) is 19.5. The lowest BCUT2D eigenvalue weighted by Crippen LogP contribution is -2.68. The molecule has 8 aromatic rings. The van der Waals surface area contributed by atoms with Gasteiger partial charge in [-0.3, -0.25) is 9.05 Å². The van der Waals surface area contributed by atoms with Gasteiger partial charge in [0.15, 0.2) is 18.0 Å². The van der Waals surface area contributed by atoms with E-state index in [0.717, 1.165) is 39.5 Å². The number of pyridine rings is 1. The molecule has 59 heavy (non-hydrogen) atoms. The Hall–Kier alpha value is -5.81.